The van der Waals surface area contributed by atoms with Crippen LogP contribution in [0.1, 0.15) is 11.6 Å². The zero-order valence-electron chi connectivity index (χ0n) is 12.4. The summed E-state index contributed by atoms with van der Waals surface area (Å²) in [4.78, 5) is 15.9. The van der Waals surface area contributed by atoms with Crippen LogP contribution in [0.3, 0.4) is 0 Å². The molecule has 0 fully saturated rings. The second kappa shape index (κ2) is 6.62. The average Bonchev–Trinajstić information content (AvgIpc) is 3.08. The number of anilines is 1. The number of hydrogen-bond donors (Lipinski definition) is 1. The van der Waals surface area contributed by atoms with E-state index in [1.54, 1.807) is 24.3 Å². The van der Waals surface area contributed by atoms with Crippen molar-refractivity contribution in [3.05, 3.63) is 70.1 Å². The molecule has 7 nitrogen and oxygen atoms in total. The third-order valence-electron chi connectivity index (χ3n) is 3.45. The van der Waals surface area contributed by atoms with Gasteiger partial charge in [-0.1, -0.05) is 41.9 Å². The van der Waals surface area contributed by atoms with Crippen molar-refractivity contribution in [2.24, 2.45) is 7.05 Å². The van der Waals surface area contributed by atoms with E-state index in [0.29, 0.717) is 12.2 Å². The fourth-order valence-electron chi connectivity index (χ4n) is 2.23. The first-order valence-corrected chi connectivity index (χ1v) is 7.38. The molecule has 0 radical (unpaired) electrons. The highest BCUT2D eigenvalue weighted by Crippen LogP contribution is 2.24. The molecular weight excluding hydrogens is 316 g/mol. The minimum absolute atomic E-state index is 0.113. The van der Waals surface area contributed by atoms with Gasteiger partial charge >= 0.3 is 0 Å². The van der Waals surface area contributed by atoms with Gasteiger partial charge in [0.25, 0.3) is 5.56 Å². The number of aryl methyl sites for hydroxylation is 1. The predicted molar refractivity (Wildman–Crippen MR) is 87.3 cm³/mol. The highest BCUT2D eigenvalue weighted by atomic mass is 35.5. The molecule has 118 valence electrons. The smallest absolute Gasteiger partial charge is 0.287 e. The number of benzene rings is 1. The van der Waals surface area contributed by atoms with Gasteiger partial charge in [0.05, 0.1) is 24.5 Å². The zero-order valence-corrected chi connectivity index (χ0v) is 13.2. The number of nitrogens with one attached hydrogen (secondary N) is 1. The topological polar surface area (TPSA) is 77.6 Å². The molecule has 0 aliphatic rings. The van der Waals surface area contributed by atoms with Gasteiger partial charge in [-0.3, -0.25) is 9.48 Å². The molecule has 1 N–H and O–H groups in total. The molecule has 0 saturated heterocycles. The fourth-order valence-corrected chi connectivity index (χ4v) is 2.46. The minimum atomic E-state index is -0.343. The van der Waals surface area contributed by atoms with Crippen molar-refractivity contribution in [2.75, 3.05) is 5.32 Å². The van der Waals surface area contributed by atoms with E-state index in [1.165, 1.54) is 11.0 Å². The van der Waals surface area contributed by atoms with Gasteiger partial charge < -0.3 is 5.32 Å². The lowest BCUT2D eigenvalue weighted by Crippen LogP contribution is -2.24. The lowest BCUT2D eigenvalue weighted by molar-refractivity contribution is 0.549. The highest BCUT2D eigenvalue weighted by Gasteiger charge is 2.16. The van der Waals surface area contributed by atoms with Crippen LogP contribution in [0.15, 0.2) is 54.0 Å². The normalized spacial score (nSPS) is 12.1. The molecule has 1 unspecified atom stereocenters. The van der Waals surface area contributed by atoms with Crippen LogP contribution in [-0.4, -0.2) is 24.5 Å². The van der Waals surface area contributed by atoms with Crippen molar-refractivity contribution < 1.29 is 0 Å². The van der Waals surface area contributed by atoms with E-state index in [4.69, 9.17) is 11.6 Å². The lowest BCUT2D eigenvalue weighted by atomic mass is 10.1. The Labute approximate surface area is 137 Å². The van der Waals surface area contributed by atoms with Crippen LogP contribution >= 0.6 is 11.6 Å². The molecule has 2 heterocycles. The van der Waals surface area contributed by atoms with Crippen LogP contribution in [0.2, 0.25) is 5.02 Å². The van der Waals surface area contributed by atoms with Crippen LogP contribution in [0.5, 0.6) is 0 Å². The largest absolute Gasteiger partial charge is 0.374 e. The van der Waals surface area contributed by atoms with Crippen LogP contribution in [0.25, 0.3) is 0 Å². The van der Waals surface area contributed by atoms with Crippen LogP contribution in [-0.2, 0) is 13.6 Å². The van der Waals surface area contributed by atoms with Crippen molar-refractivity contribution in [3.8, 4) is 0 Å². The van der Waals surface area contributed by atoms with Gasteiger partial charge in [0.2, 0.25) is 0 Å². The van der Waals surface area contributed by atoms with Gasteiger partial charge in [0, 0.05) is 7.05 Å². The molecule has 0 bridgehead atoms. The lowest BCUT2D eigenvalue weighted by Gasteiger charge is -2.20. The summed E-state index contributed by atoms with van der Waals surface area (Å²) >= 11 is 6.14. The molecule has 3 aromatic rings. The van der Waals surface area contributed by atoms with Crippen LogP contribution in [0.4, 0.5) is 5.69 Å². The molecular formula is C15H15ClN6O. The summed E-state index contributed by atoms with van der Waals surface area (Å²) in [7, 11) is 1.56. The van der Waals surface area contributed by atoms with E-state index in [2.05, 4.69) is 20.5 Å². The minimum Gasteiger partial charge on any atom is -0.374 e. The van der Waals surface area contributed by atoms with Gasteiger partial charge in [-0.05, 0) is 5.56 Å². The monoisotopic (exact) mass is 330 g/mol. The summed E-state index contributed by atoms with van der Waals surface area (Å²) in [6.45, 7) is 0.537. The van der Waals surface area contributed by atoms with Crippen molar-refractivity contribution in [3.63, 3.8) is 0 Å². The molecule has 1 aromatic carbocycles. The Morgan fingerprint density at radius 3 is 2.74 bits per heavy atom. The molecule has 0 aliphatic heterocycles. The molecule has 23 heavy (non-hydrogen) atoms. The quantitative estimate of drug-likeness (QED) is 0.773. The standard InChI is InChI=1S/C15H15ClN6O/c1-21-15(23)14(16)12(7-18-21)20-13(8-22-10-17-9-19-22)11-5-3-2-4-6-11/h2-7,9-10,13,20H,8H2,1H3. The Morgan fingerprint density at radius 2 is 2.04 bits per heavy atom. The second-order valence-corrected chi connectivity index (χ2v) is 5.40. The van der Waals surface area contributed by atoms with Crippen LogP contribution in [0, 0.1) is 0 Å². The fraction of sp³-hybridized carbons (Fsp3) is 0.200. The van der Waals surface area contributed by atoms with Gasteiger partial charge in [-0.25, -0.2) is 9.67 Å². The maximum absolute atomic E-state index is 11.9. The summed E-state index contributed by atoms with van der Waals surface area (Å²) in [6, 6.07) is 9.71. The summed E-state index contributed by atoms with van der Waals surface area (Å²) < 4.78 is 2.91. The Morgan fingerprint density at radius 1 is 1.26 bits per heavy atom. The van der Waals surface area contributed by atoms with E-state index < -0.39 is 0 Å². The molecule has 3 rings (SSSR count). The third-order valence-corrected chi connectivity index (χ3v) is 3.81. The van der Waals surface area contributed by atoms with Gasteiger partial charge in [0.1, 0.15) is 17.7 Å². The molecule has 8 heteroatoms. The zero-order chi connectivity index (χ0) is 16.2. The predicted octanol–water partition coefficient (Wildman–Crippen LogP) is 1.88. The first-order valence-electron chi connectivity index (χ1n) is 7.01. The SMILES string of the molecule is Cn1ncc(NC(Cn2cncn2)c2ccccc2)c(Cl)c1=O. The maximum Gasteiger partial charge on any atom is 0.287 e. The molecule has 0 saturated carbocycles. The van der Waals surface area contributed by atoms with E-state index >= 15 is 0 Å². The van der Waals surface area contributed by atoms with E-state index in [0.717, 1.165) is 5.56 Å². The number of halogens is 1. The van der Waals surface area contributed by atoms with E-state index in [9.17, 15) is 4.79 Å². The highest BCUT2D eigenvalue weighted by molar-refractivity contribution is 6.32. The molecule has 2 aromatic heterocycles. The summed E-state index contributed by atoms with van der Waals surface area (Å²) in [6.07, 6.45) is 4.66. The number of nitrogens with zero attached hydrogens (tertiary/aromatic N) is 5. The second-order valence-electron chi connectivity index (χ2n) is 5.03. The third kappa shape index (κ3) is 3.40. The van der Waals surface area contributed by atoms with Gasteiger partial charge in [-0.2, -0.15) is 10.2 Å². The van der Waals surface area contributed by atoms with Crippen molar-refractivity contribution in [2.45, 2.75) is 12.6 Å². The van der Waals surface area contributed by atoms with E-state index in [1.807, 2.05) is 30.3 Å². The molecule has 0 amide bonds. The Balaban J connectivity index is 1.93. The first-order chi connectivity index (χ1) is 11.1. The van der Waals surface area contributed by atoms with Gasteiger partial charge in [-0.15, -0.1) is 0 Å². The number of aromatic nitrogens is 5. The van der Waals surface area contributed by atoms with Crippen molar-refractivity contribution in [1.82, 2.24) is 24.5 Å². The maximum atomic E-state index is 11.9. The average molecular weight is 331 g/mol. The van der Waals surface area contributed by atoms with Gasteiger partial charge in [0.15, 0.2) is 0 Å². The Kier molecular flexibility index (Phi) is 4.38. The Bertz CT molecular complexity index is 831. The summed E-state index contributed by atoms with van der Waals surface area (Å²) in [5.74, 6) is 0. The van der Waals surface area contributed by atoms with Crippen molar-refractivity contribution in [1.29, 1.82) is 0 Å². The number of rotatable bonds is 5. The van der Waals surface area contributed by atoms with Crippen LogP contribution < -0.4 is 10.9 Å². The van der Waals surface area contributed by atoms with E-state index in [-0.39, 0.29) is 16.6 Å². The number of hydrogen-bond acceptors (Lipinski definition) is 5. The van der Waals surface area contributed by atoms with Crippen molar-refractivity contribution >= 4 is 17.3 Å². The summed E-state index contributed by atoms with van der Waals surface area (Å²) in [5.41, 5.74) is 1.19. The molecule has 0 spiro atoms. The summed E-state index contributed by atoms with van der Waals surface area (Å²) in [5, 5.41) is 11.5. The Hall–Kier alpha value is -2.67. The molecule has 1 atom stereocenters. The first kappa shape index (κ1) is 15.2. The molecule has 0 aliphatic carbocycles.